The maximum Gasteiger partial charge on any atom is 0.134 e. The molecule has 0 aliphatic rings. The molecule has 0 spiro atoms. The van der Waals surface area contributed by atoms with Crippen LogP contribution in [0.15, 0.2) is 67.1 Å². The smallest absolute Gasteiger partial charge is 0.134 e. The van der Waals surface area contributed by atoms with Crippen LogP contribution in [0.3, 0.4) is 0 Å². The van der Waals surface area contributed by atoms with Crippen LogP contribution in [-0.2, 0) is 4.74 Å². The molecule has 0 saturated carbocycles. The summed E-state index contributed by atoms with van der Waals surface area (Å²) in [7, 11) is 0. The predicted molar refractivity (Wildman–Crippen MR) is 105 cm³/mol. The van der Waals surface area contributed by atoms with Crippen LogP contribution in [0.4, 0.5) is 5.69 Å². The fourth-order valence-corrected chi connectivity index (χ4v) is 3.02. The topological polar surface area (TPSA) is 21.3 Å². The summed E-state index contributed by atoms with van der Waals surface area (Å²) in [5.41, 5.74) is 1.57. The summed E-state index contributed by atoms with van der Waals surface area (Å²) in [5, 5.41) is 9.67. The zero-order chi connectivity index (χ0) is 17.3. The average molecular weight is 315 g/mol. The van der Waals surface area contributed by atoms with E-state index in [1.807, 2.05) is 31.2 Å². The van der Waals surface area contributed by atoms with Gasteiger partial charge in [-0.25, -0.2) is 0 Å². The van der Waals surface area contributed by atoms with Gasteiger partial charge in [0.05, 0.1) is 12.3 Å². The van der Waals surface area contributed by atoms with Gasteiger partial charge in [-0.1, -0.05) is 62.7 Å². The standard InChI is InChI=1S/C22H21NO/c1-6-24-17(5)16(4)23-21-13-9-12-20-14(2)18-10-7-8-11-19(18)15(3)22(20)21/h7-13,23H,2-6H2,1H3. The predicted octanol–water partition coefficient (Wildman–Crippen LogP) is 4.29. The number of benzene rings is 3. The van der Waals surface area contributed by atoms with E-state index in [1.54, 1.807) is 0 Å². The van der Waals surface area contributed by atoms with Gasteiger partial charge >= 0.3 is 0 Å². The fraction of sp³-hybridized carbons (Fsp3) is 0.0909. The lowest BCUT2D eigenvalue weighted by atomic mass is 9.97. The van der Waals surface area contributed by atoms with Crippen molar-refractivity contribution >= 4 is 40.4 Å². The maximum absolute atomic E-state index is 5.43. The molecule has 24 heavy (non-hydrogen) atoms. The van der Waals surface area contributed by atoms with E-state index in [-0.39, 0.29) is 0 Å². The number of anilines is 1. The molecule has 0 aliphatic heterocycles. The summed E-state index contributed by atoms with van der Waals surface area (Å²) in [5.74, 6) is 0.538. The molecule has 0 bridgehead atoms. The number of rotatable bonds is 5. The molecule has 3 aromatic carbocycles. The van der Waals surface area contributed by atoms with E-state index < -0.39 is 0 Å². The summed E-state index contributed by atoms with van der Waals surface area (Å²) >= 11 is 0. The lowest BCUT2D eigenvalue weighted by Crippen LogP contribution is -2.14. The second-order valence-electron chi connectivity index (χ2n) is 5.69. The highest BCUT2D eigenvalue weighted by atomic mass is 16.5. The summed E-state index contributed by atoms with van der Waals surface area (Å²) in [4.78, 5) is 0. The monoisotopic (exact) mass is 315 g/mol. The number of hydrogen-bond donors (Lipinski definition) is 1. The highest BCUT2D eigenvalue weighted by Gasteiger charge is 2.09. The number of hydrogen-bond acceptors (Lipinski definition) is 2. The molecule has 0 saturated heterocycles. The average Bonchev–Trinajstić information content (AvgIpc) is 2.59. The molecule has 2 heteroatoms. The molecular weight excluding hydrogens is 294 g/mol. The van der Waals surface area contributed by atoms with Crippen molar-refractivity contribution in [2.75, 3.05) is 11.9 Å². The first-order valence-electron chi connectivity index (χ1n) is 7.94. The Hall–Kier alpha value is -3.00. The normalized spacial score (nSPS) is 10.7. The van der Waals surface area contributed by atoms with Crippen molar-refractivity contribution in [2.24, 2.45) is 0 Å². The van der Waals surface area contributed by atoms with E-state index in [0.29, 0.717) is 18.1 Å². The van der Waals surface area contributed by atoms with Crippen molar-refractivity contribution in [3.8, 4) is 0 Å². The van der Waals surface area contributed by atoms with Crippen LogP contribution in [0.2, 0.25) is 0 Å². The first kappa shape index (κ1) is 15.9. The van der Waals surface area contributed by atoms with Crippen LogP contribution in [-0.4, -0.2) is 6.61 Å². The molecule has 3 rings (SSSR count). The van der Waals surface area contributed by atoms with Crippen molar-refractivity contribution in [3.05, 3.63) is 77.5 Å². The van der Waals surface area contributed by atoms with Gasteiger partial charge in [0.15, 0.2) is 0 Å². The third kappa shape index (κ3) is 2.56. The molecule has 0 heterocycles. The molecule has 0 unspecified atom stereocenters. The molecule has 0 amide bonds. The van der Waals surface area contributed by atoms with Crippen molar-refractivity contribution in [3.63, 3.8) is 0 Å². The fourth-order valence-electron chi connectivity index (χ4n) is 3.02. The highest BCUT2D eigenvalue weighted by Crippen LogP contribution is 2.23. The lowest BCUT2D eigenvalue weighted by Gasteiger charge is -2.16. The number of nitrogens with one attached hydrogen (secondary N) is 1. The molecule has 0 aliphatic carbocycles. The van der Waals surface area contributed by atoms with E-state index in [1.165, 1.54) is 0 Å². The Balaban J connectivity index is 2.24. The van der Waals surface area contributed by atoms with Crippen molar-refractivity contribution in [2.45, 2.75) is 6.92 Å². The minimum Gasteiger partial charge on any atom is -0.492 e. The van der Waals surface area contributed by atoms with Crippen LogP contribution in [0.5, 0.6) is 0 Å². The molecule has 2 nitrogen and oxygen atoms in total. The Labute approximate surface area is 142 Å². The third-order valence-electron chi connectivity index (χ3n) is 4.21. The first-order valence-corrected chi connectivity index (χ1v) is 7.94. The van der Waals surface area contributed by atoms with Crippen molar-refractivity contribution in [1.29, 1.82) is 0 Å². The summed E-state index contributed by atoms with van der Waals surface area (Å²) < 4.78 is 5.43. The van der Waals surface area contributed by atoms with Gasteiger partial charge in [-0.15, -0.1) is 0 Å². The molecule has 0 atom stereocenters. The molecule has 1 N–H and O–H groups in total. The zero-order valence-electron chi connectivity index (χ0n) is 14.0. The Kier molecular flexibility index (Phi) is 4.13. The van der Waals surface area contributed by atoms with E-state index in [2.05, 4.69) is 49.8 Å². The van der Waals surface area contributed by atoms with Crippen molar-refractivity contribution < 1.29 is 4.74 Å². The van der Waals surface area contributed by atoms with Crippen molar-refractivity contribution in [1.82, 2.24) is 0 Å². The second-order valence-corrected chi connectivity index (χ2v) is 5.69. The van der Waals surface area contributed by atoms with E-state index in [9.17, 15) is 0 Å². The molecule has 0 fully saturated rings. The Morgan fingerprint density at radius 3 is 2.21 bits per heavy atom. The van der Waals surface area contributed by atoms with Gasteiger partial charge in [0.1, 0.15) is 5.76 Å². The molecule has 0 radical (unpaired) electrons. The van der Waals surface area contributed by atoms with Crippen LogP contribution >= 0.6 is 0 Å². The number of ether oxygens (including phenoxy) is 1. The second kappa shape index (κ2) is 6.25. The summed E-state index contributed by atoms with van der Waals surface area (Å²) in [6.07, 6.45) is 0. The molecule has 0 aromatic heterocycles. The quantitative estimate of drug-likeness (QED) is 0.431. The minimum absolute atomic E-state index is 0.538. The van der Waals surface area contributed by atoms with Crippen LogP contribution in [0.25, 0.3) is 34.7 Å². The Morgan fingerprint density at radius 1 is 0.917 bits per heavy atom. The molecule has 3 aromatic rings. The Morgan fingerprint density at radius 2 is 1.54 bits per heavy atom. The van der Waals surface area contributed by atoms with E-state index >= 15 is 0 Å². The lowest BCUT2D eigenvalue weighted by molar-refractivity contribution is 0.240. The van der Waals surface area contributed by atoms with Gasteiger partial charge < -0.3 is 10.1 Å². The van der Waals surface area contributed by atoms with Gasteiger partial charge in [-0.05, 0) is 39.6 Å². The van der Waals surface area contributed by atoms with Crippen LogP contribution < -0.4 is 15.8 Å². The first-order chi connectivity index (χ1) is 11.5. The number of fused-ring (bicyclic) bond motifs is 2. The van der Waals surface area contributed by atoms with Crippen LogP contribution in [0.1, 0.15) is 6.92 Å². The zero-order valence-corrected chi connectivity index (χ0v) is 14.0. The maximum atomic E-state index is 5.43. The van der Waals surface area contributed by atoms with Gasteiger partial charge in [0, 0.05) is 11.1 Å². The van der Waals surface area contributed by atoms with Gasteiger partial charge in [0.25, 0.3) is 0 Å². The van der Waals surface area contributed by atoms with E-state index in [0.717, 1.165) is 37.7 Å². The minimum atomic E-state index is 0.538. The highest BCUT2D eigenvalue weighted by molar-refractivity contribution is 6.05. The third-order valence-corrected chi connectivity index (χ3v) is 4.21. The SMILES string of the molecule is C=C(Nc1cccc2c(=C)c3ccccc3c(=C)c12)C(=C)OCC. The molecular formula is C22H21NO. The Bertz CT molecular complexity index is 1060. The summed E-state index contributed by atoms with van der Waals surface area (Å²) in [6, 6.07) is 14.3. The van der Waals surface area contributed by atoms with Crippen LogP contribution in [0, 0.1) is 0 Å². The molecule has 120 valence electrons. The van der Waals surface area contributed by atoms with Gasteiger partial charge in [-0.2, -0.15) is 0 Å². The van der Waals surface area contributed by atoms with Gasteiger partial charge in [-0.3, -0.25) is 0 Å². The van der Waals surface area contributed by atoms with E-state index in [4.69, 9.17) is 4.74 Å². The van der Waals surface area contributed by atoms with Gasteiger partial charge in [0.2, 0.25) is 0 Å². The summed E-state index contributed by atoms with van der Waals surface area (Å²) in [6.45, 7) is 19.0. The largest absolute Gasteiger partial charge is 0.492 e.